The van der Waals surface area contributed by atoms with Crippen LogP contribution in [0.2, 0.25) is 0 Å². The Morgan fingerprint density at radius 2 is 2.00 bits per heavy atom. The number of thiazole rings is 1. The highest BCUT2D eigenvalue weighted by Crippen LogP contribution is 2.17. The van der Waals surface area contributed by atoms with Gasteiger partial charge in [0.05, 0.1) is 10.7 Å². The number of nitrogens with zero attached hydrogens (tertiary/aromatic N) is 3. The maximum absolute atomic E-state index is 12.1. The SMILES string of the molecule is CN=C(NCCc1sc(C)nc1C)NC1CCN(C(=O)C(C)C)CC1.I. The molecule has 0 saturated carbocycles. The van der Waals surface area contributed by atoms with E-state index in [0.29, 0.717) is 6.04 Å². The van der Waals surface area contributed by atoms with Crippen LogP contribution in [-0.2, 0) is 11.2 Å². The number of amides is 1. The molecule has 1 saturated heterocycles. The molecule has 1 aromatic rings. The molecule has 8 heteroatoms. The molecule has 2 rings (SSSR count). The van der Waals surface area contributed by atoms with Crippen molar-refractivity contribution >= 4 is 47.2 Å². The van der Waals surface area contributed by atoms with Crippen LogP contribution in [0.15, 0.2) is 4.99 Å². The van der Waals surface area contributed by atoms with Gasteiger partial charge in [0.15, 0.2) is 5.96 Å². The molecule has 2 N–H and O–H groups in total. The van der Waals surface area contributed by atoms with E-state index < -0.39 is 0 Å². The topological polar surface area (TPSA) is 69.6 Å². The van der Waals surface area contributed by atoms with Crippen molar-refractivity contribution in [3.63, 3.8) is 0 Å². The van der Waals surface area contributed by atoms with Crippen molar-refractivity contribution in [1.29, 1.82) is 0 Å². The van der Waals surface area contributed by atoms with E-state index in [1.807, 2.05) is 25.7 Å². The minimum absolute atomic E-state index is 0. The number of aliphatic imine (C=N–C) groups is 1. The van der Waals surface area contributed by atoms with Gasteiger partial charge in [-0.25, -0.2) is 4.98 Å². The van der Waals surface area contributed by atoms with Crippen molar-refractivity contribution in [2.45, 2.75) is 53.0 Å². The van der Waals surface area contributed by atoms with E-state index in [1.165, 1.54) is 4.88 Å². The molecule has 0 atom stereocenters. The van der Waals surface area contributed by atoms with Crippen LogP contribution in [0.1, 0.15) is 42.3 Å². The highest BCUT2D eigenvalue weighted by atomic mass is 127. The summed E-state index contributed by atoms with van der Waals surface area (Å²) in [6.07, 6.45) is 2.89. The molecule has 0 bridgehead atoms. The third-order valence-corrected chi connectivity index (χ3v) is 5.64. The van der Waals surface area contributed by atoms with Crippen molar-refractivity contribution in [2.24, 2.45) is 10.9 Å². The fraction of sp³-hybridized carbons (Fsp3) is 0.722. The van der Waals surface area contributed by atoms with Gasteiger partial charge in [0.1, 0.15) is 0 Å². The number of aryl methyl sites for hydroxylation is 2. The highest BCUT2D eigenvalue weighted by Gasteiger charge is 2.24. The number of likely N-dealkylation sites (tertiary alicyclic amines) is 1. The molecular formula is C18H32IN5OS. The summed E-state index contributed by atoms with van der Waals surface area (Å²) in [5, 5.41) is 8.00. The van der Waals surface area contributed by atoms with E-state index in [2.05, 4.69) is 27.5 Å². The molecule has 0 radical (unpaired) electrons. The summed E-state index contributed by atoms with van der Waals surface area (Å²) < 4.78 is 0. The van der Waals surface area contributed by atoms with Gasteiger partial charge in [0.25, 0.3) is 0 Å². The first-order valence-electron chi connectivity index (χ1n) is 9.09. The average Bonchev–Trinajstić information content (AvgIpc) is 2.91. The lowest BCUT2D eigenvalue weighted by Gasteiger charge is -2.34. The van der Waals surface area contributed by atoms with Gasteiger partial charge in [0, 0.05) is 49.9 Å². The summed E-state index contributed by atoms with van der Waals surface area (Å²) in [5.41, 5.74) is 1.13. The molecule has 6 nitrogen and oxygen atoms in total. The summed E-state index contributed by atoms with van der Waals surface area (Å²) in [6.45, 7) is 10.5. The number of nitrogens with one attached hydrogen (secondary N) is 2. The number of carbonyl (C=O) groups is 1. The van der Waals surface area contributed by atoms with Crippen LogP contribution in [0.25, 0.3) is 0 Å². The van der Waals surface area contributed by atoms with E-state index in [9.17, 15) is 4.79 Å². The molecule has 1 aromatic heterocycles. The van der Waals surface area contributed by atoms with Gasteiger partial charge in [0.2, 0.25) is 5.91 Å². The molecule has 2 heterocycles. The largest absolute Gasteiger partial charge is 0.356 e. The quantitative estimate of drug-likeness (QED) is 0.376. The van der Waals surface area contributed by atoms with Crippen LogP contribution in [0.4, 0.5) is 0 Å². The number of guanidine groups is 1. The van der Waals surface area contributed by atoms with Gasteiger partial charge in [-0.15, -0.1) is 35.3 Å². The zero-order valence-corrected chi connectivity index (χ0v) is 19.6. The maximum Gasteiger partial charge on any atom is 0.225 e. The van der Waals surface area contributed by atoms with Crippen LogP contribution in [0, 0.1) is 19.8 Å². The molecule has 0 aromatic carbocycles. The zero-order chi connectivity index (χ0) is 18.4. The van der Waals surface area contributed by atoms with Gasteiger partial charge < -0.3 is 15.5 Å². The molecule has 1 aliphatic heterocycles. The van der Waals surface area contributed by atoms with Gasteiger partial charge in [-0.05, 0) is 26.7 Å². The van der Waals surface area contributed by atoms with E-state index >= 15 is 0 Å². The van der Waals surface area contributed by atoms with Crippen LogP contribution >= 0.6 is 35.3 Å². The Morgan fingerprint density at radius 1 is 1.35 bits per heavy atom. The van der Waals surface area contributed by atoms with E-state index in [0.717, 1.165) is 55.6 Å². The zero-order valence-electron chi connectivity index (χ0n) is 16.5. The third-order valence-electron chi connectivity index (χ3n) is 4.51. The number of aromatic nitrogens is 1. The van der Waals surface area contributed by atoms with Crippen molar-refractivity contribution in [3.05, 3.63) is 15.6 Å². The molecule has 0 spiro atoms. The maximum atomic E-state index is 12.1. The molecule has 26 heavy (non-hydrogen) atoms. The number of hydrogen-bond acceptors (Lipinski definition) is 4. The van der Waals surface area contributed by atoms with Crippen LogP contribution in [0.5, 0.6) is 0 Å². The summed E-state index contributed by atoms with van der Waals surface area (Å²) >= 11 is 1.77. The molecule has 148 valence electrons. The normalized spacial score (nSPS) is 15.8. The van der Waals surface area contributed by atoms with Crippen LogP contribution < -0.4 is 10.6 Å². The Morgan fingerprint density at radius 3 is 2.50 bits per heavy atom. The van der Waals surface area contributed by atoms with Crippen LogP contribution in [0.3, 0.4) is 0 Å². The molecule has 1 aliphatic rings. The Hall–Kier alpha value is -0.900. The lowest BCUT2D eigenvalue weighted by Crippen LogP contribution is -2.50. The Bertz CT molecular complexity index is 609. The summed E-state index contributed by atoms with van der Waals surface area (Å²) in [5.74, 6) is 1.18. The number of hydrogen-bond donors (Lipinski definition) is 2. The van der Waals surface area contributed by atoms with Crippen molar-refractivity contribution in [3.8, 4) is 0 Å². The smallest absolute Gasteiger partial charge is 0.225 e. The first-order chi connectivity index (χ1) is 11.9. The van der Waals surface area contributed by atoms with Crippen LogP contribution in [-0.4, -0.2) is 54.5 Å². The molecule has 1 fully saturated rings. The average molecular weight is 493 g/mol. The lowest BCUT2D eigenvalue weighted by molar-refractivity contribution is -0.135. The van der Waals surface area contributed by atoms with Gasteiger partial charge in [-0.2, -0.15) is 0 Å². The second-order valence-electron chi connectivity index (χ2n) is 6.89. The highest BCUT2D eigenvalue weighted by molar-refractivity contribution is 14.0. The second kappa shape index (κ2) is 11.1. The minimum atomic E-state index is 0. The van der Waals surface area contributed by atoms with Crippen molar-refractivity contribution in [2.75, 3.05) is 26.7 Å². The fourth-order valence-electron chi connectivity index (χ4n) is 3.10. The van der Waals surface area contributed by atoms with E-state index in [-0.39, 0.29) is 35.8 Å². The third kappa shape index (κ3) is 6.68. The minimum Gasteiger partial charge on any atom is -0.356 e. The van der Waals surface area contributed by atoms with E-state index in [1.54, 1.807) is 18.4 Å². The fourth-order valence-corrected chi connectivity index (χ4v) is 4.03. The monoisotopic (exact) mass is 493 g/mol. The van der Waals surface area contributed by atoms with Gasteiger partial charge >= 0.3 is 0 Å². The number of piperidine rings is 1. The first kappa shape index (κ1) is 23.1. The number of carbonyl (C=O) groups excluding carboxylic acids is 1. The van der Waals surface area contributed by atoms with Gasteiger partial charge in [-0.1, -0.05) is 13.8 Å². The Kier molecular flexibility index (Phi) is 9.84. The Balaban J connectivity index is 0.00000338. The number of rotatable bonds is 5. The number of halogens is 1. The Labute approximate surface area is 178 Å². The molecule has 0 unspecified atom stereocenters. The summed E-state index contributed by atoms with van der Waals surface area (Å²) in [4.78, 5) is 24.2. The predicted octanol–water partition coefficient (Wildman–Crippen LogP) is 2.73. The second-order valence-corrected chi connectivity index (χ2v) is 8.18. The lowest BCUT2D eigenvalue weighted by atomic mass is 10.0. The first-order valence-corrected chi connectivity index (χ1v) is 9.91. The summed E-state index contributed by atoms with van der Waals surface area (Å²) in [7, 11) is 1.80. The van der Waals surface area contributed by atoms with Crippen molar-refractivity contribution in [1.82, 2.24) is 20.5 Å². The molecular weight excluding hydrogens is 461 g/mol. The van der Waals surface area contributed by atoms with E-state index in [4.69, 9.17) is 0 Å². The summed E-state index contributed by atoms with van der Waals surface area (Å²) in [6, 6.07) is 0.370. The van der Waals surface area contributed by atoms with Gasteiger partial charge in [-0.3, -0.25) is 9.79 Å². The standard InChI is InChI=1S/C18H31N5OS.HI/c1-12(2)17(24)23-10-7-15(8-11-23)22-18(19-5)20-9-6-16-13(3)21-14(4)25-16;/h12,15H,6-11H2,1-5H3,(H2,19,20,22);1H. The predicted molar refractivity (Wildman–Crippen MR) is 120 cm³/mol. The van der Waals surface area contributed by atoms with Crippen molar-refractivity contribution < 1.29 is 4.79 Å². The molecule has 0 aliphatic carbocycles. The molecule has 1 amide bonds.